The second-order valence-corrected chi connectivity index (χ2v) is 6.70. The van der Waals surface area contributed by atoms with Gasteiger partial charge >= 0.3 is 0 Å². The van der Waals surface area contributed by atoms with Crippen molar-refractivity contribution in [2.24, 2.45) is 0 Å². The number of halogens is 2. The minimum Gasteiger partial charge on any atom is -0.384 e. The quantitative estimate of drug-likeness (QED) is 0.439. The van der Waals surface area contributed by atoms with Gasteiger partial charge in [-0.1, -0.05) is 53.5 Å². The summed E-state index contributed by atoms with van der Waals surface area (Å²) in [5, 5.41) is 25.2. The highest BCUT2D eigenvalue weighted by Gasteiger charge is 2.22. The van der Waals surface area contributed by atoms with E-state index in [4.69, 9.17) is 23.2 Å². The summed E-state index contributed by atoms with van der Waals surface area (Å²) in [7, 11) is 0. The van der Waals surface area contributed by atoms with Crippen LogP contribution in [0.4, 0.5) is 11.4 Å². The summed E-state index contributed by atoms with van der Waals surface area (Å²) in [5.41, 5.74) is 0.723. The van der Waals surface area contributed by atoms with Gasteiger partial charge in [-0.3, -0.25) is 14.9 Å². The van der Waals surface area contributed by atoms with E-state index in [9.17, 15) is 20.0 Å². The van der Waals surface area contributed by atoms with Crippen LogP contribution in [0, 0.1) is 10.1 Å². The highest BCUT2D eigenvalue weighted by molar-refractivity contribution is 6.34. The SMILES string of the molecule is O=C(Nc1ccc([N+](=O)[O-])cc1C(O)c1ccccc1Cl)c1ccccc1Cl. The topological polar surface area (TPSA) is 92.5 Å². The molecule has 0 saturated carbocycles. The van der Waals surface area contributed by atoms with E-state index in [1.54, 1.807) is 48.5 Å². The van der Waals surface area contributed by atoms with Crippen LogP contribution in [-0.2, 0) is 0 Å². The fourth-order valence-electron chi connectivity index (χ4n) is 2.70. The number of carbonyl (C=O) groups is 1. The summed E-state index contributed by atoms with van der Waals surface area (Å²) in [6.45, 7) is 0. The maximum Gasteiger partial charge on any atom is 0.269 e. The maximum absolute atomic E-state index is 12.6. The number of benzene rings is 3. The fraction of sp³-hybridized carbons (Fsp3) is 0.0500. The number of non-ortho nitro benzene ring substituents is 1. The average molecular weight is 417 g/mol. The number of rotatable bonds is 5. The largest absolute Gasteiger partial charge is 0.384 e. The number of nitro benzene ring substituents is 1. The van der Waals surface area contributed by atoms with Crippen LogP contribution < -0.4 is 5.32 Å². The Morgan fingerprint density at radius 1 is 0.964 bits per heavy atom. The number of amides is 1. The van der Waals surface area contributed by atoms with Crippen LogP contribution in [0.3, 0.4) is 0 Å². The number of nitro groups is 1. The van der Waals surface area contributed by atoms with Crippen molar-refractivity contribution in [1.29, 1.82) is 0 Å². The molecule has 0 spiro atoms. The number of hydrogen-bond donors (Lipinski definition) is 2. The minimum atomic E-state index is -1.28. The highest BCUT2D eigenvalue weighted by Crippen LogP contribution is 2.35. The average Bonchev–Trinajstić information content (AvgIpc) is 2.68. The van der Waals surface area contributed by atoms with Crippen LogP contribution in [-0.4, -0.2) is 15.9 Å². The van der Waals surface area contributed by atoms with Gasteiger partial charge in [-0.2, -0.15) is 0 Å². The van der Waals surface area contributed by atoms with Gasteiger partial charge < -0.3 is 10.4 Å². The molecule has 2 N–H and O–H groups in total. The van der Waals surface area contributed by atoms with Gasteiger partial charge in [0.15, 0.2) is 0 Å². The van der Waals surface area contributed by atoms with E-state index < -0.39 is 16.9 Å². The molecular weight excluding hydrogens is 403 g/mol. The van der Waals surface area contributed by atoms with Gasteiger partial charge in [0.1, 0.15) is 6.10 Å². The van der Waals surface area contributed by atoms with Crippen LogP contribution in [0.15, 0.2) is 66.7 Å². The standard InChI is InChI=1S/C20H14Cl2N2O4/c21-16-7-3-1-5-13(16)19(25)15-11-12(24(27)28)9-10-18(15)23-20(26)14-6-2-4-8-17(14)22/h1-11,19,25H,(H,23,26). The molecule has 142 valence electrons. The van der Waals surface area contributed by atoms with Crippen LogP contribution in [0.1, 0.15) is 27.6 Å². The van der Waals surface area contributed by atoms with Crippen molar-refractivity contribution in [2.45, 2.75) is 6.10 Å². The lowest BCUT2D eigenvalue weighted by atomic mass is 9.99. The first-order valence-electron chi connectivity index (χ1n) is 8.15. The van der Waals surface area contributed by atoms with E-state index in [-0.39, 0.29) is 27.5 Å². The van der Waals surface area contributed by atoms with Crippen molar-refractivity contribution >= 4 is 40.5 Å². The molecule has 0 aromatic heterocycles. The van der Waals surface area contributed by atoms with Crippen molar-refractivity contribution in [1.82, 2.24) is 0 Å². The third-order valence-corrected chi connectivity index (χ3v) is 4.78. The summed E-state index contributed by atoms with van der Waals surface area (Å²) >= 11 is 12.2. The summed E-state index contributed by atoms with van der Waals surface area (Å²) in [6.07, 6.45) is -1.28. The van der Waals surface area contributed by atoms with Crippen molar-refractivity contribution in [3.8, 4) is 0 Å². The predicted octanol–water partition coefficient (Wildman–Crippen LogP) is 5.24. The van der Waals surface area contributed by atoms with Gasteiger partial charge in [0.05, 0.1) is 15.5 Å². The molecule has 3 aromatic rings. The van der Waals surface area contributed by atoms with E-state index in [1.165, 1.54) is 18.2 Å². The van der Waals surface area contributed by atoms with Gasteiger partial charge in [-0.05, 0) is 24.3 Å². The van der Waals surface area contributed by atoms with Gasteiger partial charge in [0.2, 0.25) is 0 Å². The van der Waals surface area contributed by atoms with Crippen molar-refractivity contribution in [3.05, 3.63) is 104 Å². The Balaban J connectivity index is 2.04. The Kier molecular flexibility index (Phi) is 5.94. The lowest BCUT2D eigenvalue weighted by molar-refractivity contribution is -0.384. The summed E-state index contributed by atoms with van der Waals surface area (Å²) < 4.78 is 0. The molecule has 0 fully saturated rings. The Bertz CT molecular complexity index is 1060. The molecular formula is C20H14Cl2N2O4. The summed E-state index contributed by atoms with van der Waals surface area (Å²) in [5.74, 6) is -0.507. The lowest BCUT2D eigenvalue weighted by Gasteiger charge is -2.18. The van der Waals surface area contributed by atoms with Gasteiger partial charge in [-0.25, -0.2) is 0 Å². The van der Waals surface area contributed by atoms with Crippen molar-refractivity contribution < 1.29 is 14.8 Å². The van der Waals surface area contributed by atoms with Gasteiger partial charge in [-0.15, -0.1) is 0 Å². The minimum absolute atomic E-state index is 0.141. The normalized spacial score (nSPS) is 11.7. The number of aliphatic hydroxyl groups excluding tert-OH is 1. The van der Waals surface area contributed by atoms with Gasteiger partial charge in [0.25, 0.3) is 11.6 Å². The first-order valence-corrected chi connectivity index (χ1v) is 8.91. The van der Waals surface area contributed by atoms with Crippen LogP contribution in [0.5, 0.6) is 0 Å². The van der Waals surface area contributed by atoms with Crippen LogP contribution in [0.2, 0.25) is 10.0 Å². The number of nitrogens with zero attached hydrogens (tertiary/aromatic N) is 1. The Hall–Kier alpha value is -2.93. The molecule has 0 radical (unpaired) electrons. The summed E-state index contributed by atoms with van der Waals surface area (Å²) in [6, 6.07) is 16.9. The highest BCUT2D eigenvalue weighted by atomic mass is 35.5. The molecule has 0 aliphatic heterocycles. The molecule has 0 aliphatic rings. The molecule has 6 nitrogen and oxygen atoms in total. The van der Waals surface area contributed by atoms with Crippen LogP contribution >= 0.6 is 23.2 Å². The molecule has 3 rings (SSSR count). The van der Waals surface area contributed by atoms with E-state index in [1.807, 2.05) is 0 Å². The zero-order valence-electron chi connectivity index (χ0n) is 14.3. The number of nitrogens with one attached hydrogen (secondary N) is 1. The molecule has 1 unspecified atom stereocenters. The maximum atomic E-state index is 12.6. The summed E-state index contributed by atoms with van der Waals surface area (Å²) in [4.78, 5) is 23.2. The second-order valence-electron chi connectivity index (χ2n) is 5.89. The Morgan fingerprint density at radius 2 is 1.61 bits per heavy atom. The molecule has 1 amide bonds. The molecule has 3 aromatic carbocycles. The van der Waals surface area contributed by atoms with E-state index in [0.717, 1.165) is 0 Å². The molecule has 0 bridgehead atoms. The van der Waals surface area contributed by atoms with Crippen molar-refractivity contribution in [2.75, 3.05) is 5.32 Å². The first kappa shape index (κ1) is 19.8. The third kappa shape index (κ3) is 4.14. The molecule has 0 heterocycles. The first-order chi connectivity index (χ1) is 13.4. The molecule has 1 atom stereocenters. The Morgan fingerprint density at radius 3 is 2.25 bits per heavy atom. The van der Waals surface area contributed by atoms with E-state index in [2.05, 4.69) is 5.32 Å². The zero-order valence-corrected chi connectivity index (χ0v) is 15.8. The fourth-order valence-corrected chi connectivity index (χ4v) is 3.16. The van der Waals surface area contributed by atoms with Gasteiger partial charge in [0, 0.05) is 34.0 Å². The lowest BCUT2D eigenvalue weighted by Crippen LogP contribution is -2.15. The number of anilines is 1. The van der Waals surface area contributed by atoms with Crippen molar-refractivity contribution in [3.63, 3.8) is 0 Å². The number of hydrogen-bond acceptors (Lipinski definition) is 4. The number of carbonyl (C=O) groups excluding carboxylic acids is 1. The smallest absolute Gasteiger partial charge is 0.269 e. The Labute approximate surface area is 170 Å². The molecule has 28 heavy (non-hydrogen) atoms. The molecule has 0 aliphatic carbocycles. The monoisotopic (exact) mass is 416 g/mol. The van der Waals surface area contributed by atoms with E-state index in [0.29, 0.717) is 10.6 Å². The van der Waals surface area contributed by atoms with Crippen LogP contribution in [0.25, 0.3) is 0 Å². The van der Waals surface area contributed by atoms with E-state index >= 15 is 0 Å². The molecule has 8 heteroatoms. The molecule has 0 saturated heterocycles. The number of aliphatic hydroxyl groups is 1. The predicted molar refractivity (Wildman–Crippen MR) is 108 cm³/mol. The second kappa shape index (κ2) is 8.39. The zero-order chi connectivity index (χ0) is 20.3. The third-order valence-electron chi connectivity index (χ3n) is 4.11.